The van der Waals surface area contributed by atoms with E-state index in [2.05, 4.69) is 15.3 Å². The lowest BCUT2D eigenvalue weighted by Gasteiger charge is -2.08. The third-order valence-electron chi connectivity index (χ3n) is 3.69. The van der Waals surface area contributed by atoms with E-state index in [4.69, 9.17) is 5.14 Å². The van der Waals surface area contributed by atoms with Crippen molar-refractivity contribution >= 4 is 27.0 Å². The smallest absolute Gasteiger partial charge is 0.251 e. The Morgan fingerprint density at radius 3 is 2.76 bits per heavy atom. The first kappa shape index (κ1) is 17.1. The Bertz CT molecular complexity index is 1080. The number of amides is 1. The third-order valence-corrected chi connectivity index (χ3v) is 4.60. The fourth-order valence-corrected chi connectivity index (χ4v) is 2.94. The number of imidazole rings is 1. The van der Waals surface area contributed by atoms with Gasteiger partial charge in [-0.05, 0) is 42.8 Å². The average Bonchev–Trinajstić information content (AvgIpc) is 2.93. The van der Waals surface area contributed by atoms with Crippen molar-refractivity contribution in [1.82, 2.24) is 15.3 Å². The maximum absolute atomic E-state index is 13.2. The summed E-state index contributed by atoms with van der Waals surface area (Å²) in [6.45, 7) is 1.76. The van der Waals surface area contributed by atoms with Gasteiger partial charge in [-0.2, -0.15) is 0 Å². The van der Waals surface area contributed by atoms with Gasteiger partial charge in [-0.3, -0.25) is 4.79 Å². The Balaban J connectivity index is 1.80. The Morgan fingerprint density at radius 1 is 1.28 bits per heavy atom. The van der Waals surface area contributed by atoms with Crippen LogP contribution in [0.25, 0.3) is 11.0 Å². The normalized spacial score (nSPS) is 11.6. The van der Waals surface area contributed by atoms with E-state index in [1.54, 1.807) is 6.92 Å². The van der Waals surface area contributed by atoms with Crippen molar-refractivity contribution in [3.8, 4) is 0 Å². The van der Waals surface area contributed by atoms with Gasteiger partial charge in [0.25, 0.3) is 5.91 Å². The highest BCUT2D eigenvalue weighted by atomic mass is 32.2. The molecule has 0 bridgehead atoms. The molecule has 1 amide bonds. The van der Waals surface area contributed by atoms with E-state index < -0.39 is 15.9 Å². The number of aryl methyl sites for hydroxylation is 1. The van der Waals surface area contributed by atoms with Crippen molar-refractivity contribution in [2.45, 2.75) is 18.4 Å². The van der Waals surface area contributed by atoms with Gasteiger partial charge in [0.15, 0.2) is 0 Å². The number of hydrogen-bond acceptors (Lipinski definition) is 4. The molecule has 3 rings (SSSR count). The van der Waals surface area contributed by atoms with E-state index in [1.165, 1.54) is 36.4 Å². The summed E-state index contributed by atoms with van der Waals surface area (Å²) in [5.74, 6) is -0.397. The van der Waals surface area contributed by atoms with Gasteiger partial charge in [-0.15, -0.1) is 0 Å². The van der Waals surface area contributed by atoms with Crippen molar-refractivity contribution in [2.75, 3.05) is 0 Å². The second-order valence-corrected chi connectivity index (χ2v) is 7.11. The number of H-pyrrole nitrogens is 1. The molecule has 0 unspecified atom stereocenters. The van der Waals surface area contributed by atoms with Crippen LogP contribution in [0.2, 0.25) is 0 Å². The van der Waals surface area contributed by atoms with Crippen LogP contribution in [0.4, 0.5) is 4.39 Å². The van der Waals surface area contributed by atoms with E-state index in [9.17, 15) is 17.6 Å². The van der Waals surface area contributed by atoms with Crippen LogP contribution in [0.15, 0.2) is 41.3 Å². The summed E-state index contributed by atoms with van der Waals surface area (Å²) < 4.78 is 36.0. The summed E-state index contributed by atoms with van der Waals surface area (Å²) in [5, 5.41) is 7.74. The van der Waals surface area contributed by atoms with Gasteiger partial charge in [0, 0.05) is 5.56 Å². The summed E-state index contributed by atoms with van der Waals surface area (Å²) in [5.41, 5.74) is 1.92. The molecule has 130 valence electrons. The molecule has 3 aromatic rings. The van der Waals surface area contributed by atoms with Gasteiger partial charge < -0.3 is 10.3 Å². The number of nitrogens with two attached hydrogens (primary N) is 1. The minimum Gasteiger partial charge on any atom is -0.345 e. The molecule has 0 aliphatic rings. The number of carbonyl (C=O) groups excluding carboxylic acids is 1. The Morgan fingerprint density at radius 2 is 2.04 bits per heavy atom. The van der Waals surface area contributed by atoms with Gasteiger partial charge in [0.05, 0.1) is 22.5 Å². The minimum absolute atomic E-state index is 0.0776. The fourth-order valence-electron chi connectivity index (χ4n) is 2.40. The van der Waals surface area contributed by atoms with Gasteiger partial charge in [-0.25, -0.2) is 22.9 Å². The number of halogens is 1. The van der Waals surface area contributed by atoms with Crippen LogP contribution >= 0.6 is 0 Å². The standard InChI is InChI=1S/C16H15FN4O3S/c1-9-2-4-11(25(18,23)24)7-12(9)16(22)19-8-15-20-13-5-3-10(17)6-14(13)21-15/h2-7H,8H2,1H3,(H,19,22)(H,20,21)(H2,18,23,24). The highest BCUT2D eigenvalue weighted by molar-refractivity contribution is 7.89. The number of aromatic amines is 1. The number of nitrogens with one attached hydrogen (secondary N) is 2. The Hall–Kier alpha value is -2.78. The number of carbonyl (C=O) groups is 1. The molecule has 0 atom stereocenters. The molecular formula is C16H15FN4O3S. The molecule has 0 fully saturated rings. The number of sulfonamides is 1. The highest BCUT2D eigenvalue weighted by Crippen LogP contribution is 2.15. The van der Waals surface area contributed by atoms with Crippen LogP contribution < -0.4 is 10.5 Å². The zero-order chi connectivity index (χ0) is 18.2. The molecule has 0 aliphatic heterocycles. The van der Waals surface area contributed by atoms with Crippen molar-refractivity contribution in [3.63, 3.8) is 0 Å². The van der Waals surface area contributed by atoms with Gasteiger partial charge in [-0.1, -0.05) is 6.07 Å². The zero-order valence-corrected chi connectivity index (χ0v) is 14.0. The van der Waals surface area contributed by atoms with E-state index in [1.807, 2.05) is 0 Å². The zero-order valence-electron chi connectivity index (χ0n) is 13.2. The monoisotopic (exact) mass is 362 g/mol. The summed E-state index contributed by atoms with van der Waals surface area (Å²) >= 11 is 0. The minimum atomic E-state index is -3.90. The lowest BCUT2D eigenvalue weighted by molar-refractivity contribution is 0.0949. The maximum atomic E-state index is 13.2. The van der Waals surface area contributed by atoms with Gasteiger partial charge >= 0.3 is 0 Å². The first-order chi connectivity index (χ1) is 11.7. The van der Waals surface area contributed by atoms with Crippen LogP contribution in [0.3, 0.4) is 0 Å². The number of aromatic nitrogens is 2. The third kappa shape index (κ3) is 3.67. The van der Waals surface area contributed by atoms with Gasteiger partial charge in [0.2, 0.25) is 10.0 Å². The second-order valence-electron chi connectivity index (χ2n) is 5.55. The first-order valence-corrected chi connectivity index (χ1v) is 8.84. The summed E-state index contributed by atoms with van der Waals surface area (Å²) in [6, 6.07) is 8.23. The quantitative estimate of drug-likeness (QED) is 0.653. The van der Waals surface area contributed by atoms with Crippen molar-refractivity contribution in [2.24, 2.45) is 5.14 Å². The number of benzene rings is 2. The van der Waals surface area contributed by atoms with Crippen molar-refractivity contribution in [3.05, 3.63) is 59.2 Å². The largest absolute Gasteiger partial charge is 0.345 e. The van der Waals surface area contributed by atoms with E-state index >= 15 is 0 Å². The van der Waals surface area contributed by atoms with Gasteiger partial charge in [0.1, 0.15) is 11.6 Å². The maximum Gasteiger partial charge on any atom is 0.251 e. The molecule has 1 heterocycles. The predicted octanol–water partition coefficient (Wildman–Crippen LogP) is 1.59. The Kier molecular flexibility index (Phi) is 4.27. The average molecular weight is 362 g/mol. The van der Waals surface area contributed by atoms with E-state index in [-0.39, 0.29) is 22.8 Å². The van der Waals surface area contributed by atoms with Crippen LogP contribution in [0.5, 0.6) is 0 Å². The molecule has 1 aromatic heterocycles. The van der Waals surface area contributed by atoms with Crippen LogP contribution in [-0.4, -0.2) is 24.3 Å². The highest BCUT2D eigenvalue weighted by Gasteiger charge is 2.15. The summed E-state index contributed by atoms with van der Waals surface area (Å²) in [4.78, 5) is 19.4. The topological polar surface area (TPSA) is 118 Å². The van der Waals surface area contributed by atoms with Crippen molar-refractivity contribution in [1.29, 1.82) is 0 Å². The van der Waals surface area contributed by atoms with Crippen LogP contribution in [0.1, 0.15) is 21.7 Å². The molecule has 0 saturated heterocycles. The number of rotatable bonds is 4. The Labute approximate surface area is 143 Å². The molecule has 4 N–H and O–H groups in total. The first-order valence-electron chi connectivity index (χ1n) is 7.30. The molecular weight excluding hydrogens is 347 g/mol. The molecule has 0 spiro atoms. The lowest BCUT2D eigenvalue weighted by Crippen LogP contribution is -2.25. The SMILES string of the molecule is Cc1ccc(S(N)(=O)=O)cc1C(=O)NCc1nc2ccc(F)cc2[nH]1. The second kappa shape index (κ2) is 6.26. The predicted molar refractivity (Wildman–Crippen MR) is 89.8 cm³/mol. The number of primary sulfonamides is 1. The molecule has 0 radical (unpaired) electrons. The van der Waals surface area contributed by atoms with Crippen molar-refractivity contribution < 1.29 is 17.6 Å². The van der Waals surface area contributed by atoms with E-state index in [0.717, 1.165) is 0 Å². The number of nitrogens with zero attached hydrogens (tertiary/aromatic N) is 1. The lowest BCUT2D eigenvalue weighted by atomic mass is 10.1. The van der Waals surface area contributed by atoms with Crippen LogP contribution in [-0.2, 0) is 16.6 Å². The molecule has 7 nitrogen and oxygen atoms in total. The molecule has 0 saturated carbocycles. The number of fused-ring (bicyclic) bond motifs is 1. The molecule has 25 heavy (non-hydrogen) atoms. The fraction of sp³-hybridized carbons (Fsp3) is 0.125. The summed E-state index contributed by atoms with van der Waals surface area (Å²) in [7, 11) is -3.90. The van der Waals surface area contributed by atoms with Crippen LogP contribution in [0, 0.1) is 12.7 Å². The molecule has 9 heteroatoms. The number of hydrogen-bond donors (Lipinski definition) is 3. The molecule has 2 aromatic carbocycles. The summed E-state index contributed by atoms with van der Waals surface area (Å²) in [6.07, 6.45) is 0. The molecule has 0 aliphatic carbocycles. The van der Waals surface area contributed by atoms with E-state index in [0.29, 0.717) is 22.4 Å².